The zero-order valence-electron chi connectivity index (χ0n) is 15.0. The lowest BCUT2D eigenvalue weighted by Gasteiger charge is -2.17. The maximum atomic E-state index is 12.6. The van der Waals surface area contributed by atoms with Crippen molar-refractivity contribution in [1.82, 2.24) is 9.88 Å². The molecule has 0 saturated carbocycles. The van der Waals surface area contributed by atoms with Crippen LogP contribution in [0.5, 0.6) is 0 Å². The number of thiophene rings is 1. The minimum absolute atomic E-state index is 0.0619. The fraction of sp³-hybridized carbons (Fsp3) is 0.190. The highest BCUT2D eigenvalue weighted by molar-refractivity contribution is 7.13. The van der Waals surface area contributed by atoms with Crippen LogP contribution in [0.2, 0.25) is 0 Å². The Morgan fingerprint density at radius 2 is 2.11 bits per heavy atom. The number of carbonyl (C=O) groups excluding carboxylic acids is 2. The van der Waals surface area contributed by atoms with Gasteiger partial charge in [-0.3, -0.25) is 10.1 Å². The molecule has 0 radical (unpaired) electrons. The summed E-state index contributed by atoms with van der Waals surface area (Å²) in [5.41, 5.74) is 3.32. The number of rotatable bonds is 3. The molecule has 1 aromatic carbocycles. The molecule has 0 bridgehead atoms. The van der Waals surface area contributed by atoms with E-state index in [2.05, 4.69) is 15.6 Å². The third-order valence-corrected chi connectivity index (χ3v) is 6.16. The summed E-state index contributed by atoms with van der Waals surface area (Å²) >= 11 is 1.64. The van der Waals surface area contributed by atoms with Gasteiger partial charge in [-0.05, 0) is 54.1 Å². The second kappa shape index (κ2) is 6.76. The van der Waals surface area contributed by atoms with E-state index in [4.69, 9.17) is 0 Å². The Balaban J connectivity index is 1.37. The van der Waals surface area contributed by atoms with Crippen LogP contribution in [0.4, 0.5) is 16.3 Å². The van der Waals surface area contributed by atoms with Gasteiger partial charge in [-0.2, -0.15) is 0 Å². The van der Waals surface area contributed by atoms with Crippen LogP contribution in [-0.4, -0.2) is 28.4 Å². The van der Waals surface area contributed by atoms with Crippen LogP contribution in [0.3, 0.4) is 0 Å². The van der Waals surface area contributed by atoms with Crippen molar-refractivity contribution in [1.29, 1.82) is 0 Å². The van der Waals surface area contributed by atoms with Gasteiger partial charge in [0.2, 0.25) is 0 Å². The molecular weight excluding hydrogens is 372 g/mol. The predicted octanol–water partition coefficient (Wildman–Crippen LogP) is 4.74. The van der Waals surface area contributed by atoms with Crippen LogP contribution in [0.15, 0.2) is 54.0 Å². The van der Waals surface area contributed by atoms with Gasteiger partial charge in [-0.1, -0.05) is 12.1 Å². The molecule has 2 aliphatic heterocycles. The van der Waals surface area contributed by atoms with Gasteiger partial charge in [0.1, 0.15) is 5.82 Å². The fourth-order valence-corrected chi connectivity index (χ4v) is 4.77. The average Bonchev–Trinajstić information content (AvgIpc) is 3.43. The number of nitrogens with one attached hydrogen (secondary N) is 2. The molecule has 1 fully saturated rings. The fourth-order valence-electron chi connectivity index (χ4n) is 4.05. The highest BCUT2D eigenvalue weighted by atomic mass is 32.1. The number of anilines is 2. The zero-order valence-corrected chi connectivity index (χ0v) is 15.8. The summed E-state index contributed by atoms with van der Waals surface area (Å²) in [6.07, 6.45) is 3.61. The largest absolute Gasteiger partial charge is 0.331 e. The summed E-state index contributed by atoms with van der Waals surface area (Å²) in [5.74, 6) is 0.543. The molecule has 1 atom stereocenters. The molecule has 1 saturated heterocycles. The van der Waals surface area contributed by atoms with E-state index in [1.54, 1.807) is 17.5 Å². The lowest BCUT2D eigenvalue weighted by molar-refractivity contribution is 0.0776. The average molecular weight is 390 g/mol. The monoisotopic (exact) mass is 390 g/mol. The topological polar surface area (TPSA) is 74.3 Å². The van der Waals surface area contributed by atoms with Crippen molar-refractivity contribution >= 4 is 34.8 Å². The highest BCUT2D eigenvalue weighted by Gasteiger charge is 2.41. The number of carbonyl (C=O) groups is 2. The molecule has 3 amide bonds. The third kappa shape index (κ3) is 2.84. The second-order valence-corrected chi connectivity index (χ2v) is 7.86. The predicted molar refractivity (Wildman–Crippen MR) is 110 cm³/mol. The Morgan fingerprint density at radius 3 is 2.96 bits per heavy atom. The Labute approximate surface area is 166 Å². The number of pyridine rings is 1. The number of benzene rings is 1. The van der Waals surface area contributed by atoms with E-state index in [1.807, 2.05) is 52.7 Å². The SMILES string of the molecule is O=C(Nc1cc(-c2cccs2)ccn1)Nc1cccc2c1C1CCCN1C2=O. The minimum atomic E-state index is -0.367. The third-order valence-electron chi connectivity index (χ3n) is 5.24. The normalized spacial score (nSPS) is 17.4. The van der Waals surface area contributed by atoms with Gasteiger partial charge in [0, 0.05) is 34.4 Å². The summed E-state index contributed by atoms with van der Waals surface area (Å²) in [6, 6.07) is 13.0. The number of hydrogen-bond acceptors (Lipinski definition) is 4. The van der Waals surface area contributed by atoms with E-state index in [0.29, 0.717) is 17.1 Å². The lowest BCUT2D eigenvalue weighted by atomic mass is 10.0. The van der Waals surface area contributed by atoms with Gasteiger partial charge in [-0.15, -0.1) is 11.3 Å². The van der Waals surface area contributed by atoms with Crippen molar-refractivity contribution in [2.45, 2.75) is 18.9 Å². The number of fused-ring (bicyclic) bond motifs is 3. The number of amides is 3. The smallest absolute Gasteiger partial charge is 0.324 e. The van der Waals surface area contributed by atoms with Gasteiger partial charge in [0.05, 0.1) is 6.04 Å². The first kappa shape index (κ1) is 16.9. The van der Waals surface area contributed by atoms with Crippen molar-refractivity contribution in [3.8, 4) is 10.4 Å². The minimum Gasteiger partial charge on any atom is -0.331 e. The first-order valence-corrected chi connectivity index (χ1v) is 10.1. The van der Waals surface area contributed by atoms with Crippen LogP contribution in [-0.2, 0) is 0 Å². The Morgan fingerprint density at radius 1 is 1.18 bits per heavy atom. The van der Waals surface area contributed by atoms with Crippen molar-refractivity contribution < 1.29 is 9.59 Å². The molecule has 1 unspecified atom stereocenters. The quantitative estimate of drug-likeness (QED) is 0.678. The Bertz CT molecular complexity index is 1060. The highest BCUT2D eigenvalue weighted by Crippen LogP contribution is 2.44. The van der Waals surface area contributed by atoms with E-state index in [-0.39, 0.29) is 18.0 Å². The molecule has 0 spiro atoms. The molecule has 2 aromatic heterocycles. The van der Waals surface area contributed by atoms with E-state index in [1.165, 1.54) is 0 Å². The maximum absolute atomic E-state index is 12.6. The van der Waals surface area contributed by atoms with Crippen LogP contribution in [0.25, 0.3) is 10.4 Å². The van der Waals surface area contributed by atoms with Crippen molar-refractivity contribution in [2.24, 2.45) is 0 Å². The van der Waals surface area contributed by atoms with Crippen molar-refractivity contribution in [3.05, 3.63) is 65.2 Å². The second-order valence-electron chi connectivity index (χ2n) is 6.91. The van der Waals surface area contributed by atoms with Gasteiger partial charge < -0.3 is 10.2 Å². The molecule has 28 heavy (non-hydrogen) atoms. The summed E-state index contributed by atoms with van der Waals surface area (Å²) in [6.45, 7) is 0.781. The van der Waals surface area contributed by atoms with Crippen molar-refractivity contribution in [2.75, 3.05) is 17.2 Å². The maximum Gasteiger partial charge on any atom is 0.324 e. The Hall–Kier alpha value is -3.19. The molecule has 0 aliphatic carbocycles. The summed E-state index contributed by atoms with van der Waals surface area (Å²) in [7, 11) is 0. The molecule has 6 nitrogen and oxygen atoms in total. The molecule has 5 rings (SSSR count). The van der Waals surface area contributed by atoms with Gasteiger partial charge >= 0.3 is 6.03 Å². The number of aromatic nitrogens is 1. The summed E-state index contributed by atoms with van der Waals surface area (Å²) in [4.78, 5) is 32.4. The number of urea groups is 1. The first-order valence-electron chi connectivity index (χ1n) is 9.22. The summed E-state index contributed by atoms with van der Waals surface area (Å²) in [5, 5.41) is 7.72. The summed E-state index contributed by atoms with van der Waals surface area (Å²) < 4.78 is 0. The molecule has 140 valence electrons. The van der Waals surface area contributed by atoms with E-state index >= 15 is 0 Å². The Kier molecular flexibility index (Phi) is 4.09. The standard InChI is InChI=1S/C21H18N4O2S/c26-20-14-4-1-5-15(19(14)16-6-2-10-25(16)20)23-21(27)24-18-12-13(8-9-22-18)17-7-3-11-28-17/h1,3-5,7-9,11-12,16H,2,6,10H2,(H2,22,23,24,27). The lowest BCUT2D eigenvalue weighted by Crippen LogP contribution is -2.23. The molecule has 4 heterocycles. The van der Waals surface area contributed by atoms with Crippen molar-refractivity contribution in [3.63, 3.8) is 0 Å². The van der Waals surface area contributed by atoms with Crippen LogP contribution in [0.1, 0.15) is 34.8 Å². The van der Waals surface area contributed by atoms with E-state index < -0.39 is 0 Å². The molecule has 7 heteroatoms. The van der Waals surface area contributed by atoms with Crippen LogP contribution < -0.4 is 10.6 Å². The molecule has 2 aliphatic rings. The number of hydrogen-bond donors (Lipinski definition) is 2. The molecule has 2 N–H and O–H groups in total. The van der Waals surface area contributed by atoms with Gasteiger partial charge in [-0.25, -0.2) is 9.78 Å². The van der Waals surface area contributed by atoms with Gasteiger partial charge in [0.25, 0.3) is 5.91 Å². The first-order chi connectivity index (χ1) is 13.7. The van der Waals surface area contributed by atoms with Crippen LogP contribution in [0, 0.1) is 0 Å². The number of nitrogens with zero attached hydrogens (tertiary/aromatic N) is 2. The molecular formula is C21H18N4O2S. The zero-order chi connectivity index (χ0) is 19.1. The van der Waals surface area contributed by atoms with Gasteiger partial charge in [0.15, 0.2) is 0 Å². The van der Waals surface area contributed by atoms with E-state index in [0.717, 1.165) is 35.4 Å². The van der Waals surface area contributed by atoms with Crippen LogP contribution >= 0.6 is 11.3 Å². The van der Waals surface area contributed by atoms with E-state index in [9.17, 15) is 9.59 Å². The molecule has 3 aromatic rings.